The summed E-state index contributed by atoms with van der Waals surface area (Å²) in [6.07, 6.45) is 0.178. The molecule has 0 aromatic heterocycles. The van der Waals surface area contributed by atoms with E-state index >= 15 is 0 Å². The zero-order chi connectivity index (χ0) is 21.3. The lowest BCUT2D eigenvalue weighted by Crippen LogP contribution is -2.40. The molecule has 3 rings (SSSR count). The van der Waals surface area contributed by atoms with Crippen LogP contribution in [0.4, 0.5) is 4.79 Å². The number of carbonyl (C=O) groups excluding carboxylic acids is 2. The van der Waals surface area contributed by atoms with Crippen molar-refractivity contribution in [2.24, 2.45) is 0 Å². The zero-order valence-corrected chi connectivity index (χ0v) is 17.0. The van der Waals surface area contributed by atoms with E-state index in [1.165, 1.54) is 0 Å². The highest BCUT2D eigenvalue weighted by molar-refractivity contribution is 8.14. The van der Waals surface area contributed by atoms with Gasteiger partial charge in [-0.15, -0.1) is 0 Å². The first kappa shape index (κ1) is 21.3. The lowest BCUT2D eigenvalue weighted by atomic mass is 10.0. The molecule has 1 atom stereocenters. The van der Waals surface area contributed by atoms with E-state index in [1.54, 1.807) is 24.3 Å². The van der Waals surface area contributed by atoms with Crippen LogP contribution in [0.25, 0.3) is 11.1 Å². The molecule has 1 unspecified atom stereocenters. The van der Waals surface area contributed by atoms with Gasteiger partial charge in [-0.25, -0.2) is 4.79 Å². The van der Waals surface area contributed by atoms with Gasteiger partial charge in [-0.1, -0.05) is 96.7 Å². The second kappa shape index (κ2) is 10.4. The number of aliphatic carboxylic acids is 1. The van der Waals surface area contributed by atoms with Gasteiger partial charge >= 0.3 is 5.97 Å². The summed E-state index contributed by atoms with van der Waals surface area (Å²) in [5.74, 6) is -1.37. The molecule has 6 heteroatoms. The van der Waals surface area contributed by atoms with Crippen LogP contribution in [0.3, 0.4) is 0 Å². The summed E-state index contributed by atoms with van der Waals surface area (Å²) in [7, 11) is 0. The average molecular weight is 420 g/mol. The molecule has 0 radical (unpaired) electrons. The number of carboxylic acid groups (broad SMARTS) is 1. The summed E-state index contributed by atoms with van der Waals surface area (Å²) in [6, 6.07) is 25.1. The normalized spacial score (nSPS) is 11.5. The molecule has 0 spiro atoms. The minimum absolute atomic E-state index is 0.0613. The first-order valence-electron chi connectivity index (χ1n) is 9.41. The summed E-state index contributed by atoms with van der Waals surface area (Å²) < 4.78 is 0. The summed E-state index contributed by atoms with van der Waals surface area (Å²) in [5, 5.41) is 11.3. The minimum Gasteiger partial charge on any atom is -0.480 e. The molecule has 30 heavy (non-hydrogen) atoms. The van der Waals surface area contributed by atoms with Crippen LogP contribution in [-0.2, 0) is 11.2 Å². The van der Waals surface area contributed by atoms with Crippen molar-refractivity contribution in [1.29, 1.82) is 0 Å². The van der Waals surface area contributed by atoms with Gasteiger partial charge in [-0.2, -0.15) is 0 Å². The molecule has 3 aromatic carbocycles. The molecule has 0 aliphatic rings. The van der Waals surface area contributed by atoms with Gasteiger partial charge in [0, 0.05) is 12.0 Å². The van der Waals surface area contributed by atoms with E-state index in [1.807, 2.05) is 60.7 Å². The Morgan fingerprint density at radius 2 is 1.37 bits per heavy atom. The Balaban J connectivity index is 1.53. The third-order valence-electron chi connectivity index (χ3n) is 4.52. The molecule has 0 saturated carbocycles. The van der Waals surface area contributed by atoms with E-state index in [0.717, 1.165) is 28.5 Å². The molecule has 2 N–H and O–H groups in total. The van der Waals surface area contributed by atoms with Crippen molar-refractivity contribution in [2.45, 2.75) is 12.5 Å². The molecule has 3 aromatic rings. The summed E-state index contributed by atoms with van der Waals surface area (Å²) in [4.78, 5) is 36.0. The largest absolute Gasteiger partial charge is 0.480 e. The van der Waals surface area contributed by atoms with Crippen molar-refractivity contribution in [3.05, 3.63) is 96.1 Å². The third-order valence-corrected chi connectivity index (χ3v) is 5.31. The smallest absolute Gasteiger partial charge is 0.326 e. The topological polar surface area (TPSA) is 83.5 Å². The van der Waals surface area contributed by atoms with Crippen LogP contribution in [-0.4, -0.2) is 33.9 Å². The molecule has 152 valence electrons. The Hall–Kier alpha value is -3.38. The number of rotatable bonds is 8. The van der Waals surface area contributed by atoms with E-state index in [2.05, 4.69) is 5.32 Å². The second-order valence-corrected chi connectivity index (χ2v) is 7.62. The Morgan fingerprint density at radius 3 is 1.97 bits per heavy atom. The van der Waals surface area contributed by atoms with E-state index in [-0.39, 0.29) is 18.0 Å². The number of hydrogen-bond acceptors (Lipinski definition) is 4. The van der Waals surface area contributed by atoms with E-state index in [4.69, 9.17) is 0 Å². The molecule has 0 aliphatic carbocycles. The molecule has 0 fully saturated rings. The Morgan fingerprint density at radius 1 is 0.800 bits per heavy atom. The molecule has 0 heterocycles. The summed E-state index contributed by atoms with van der Waals surface area (Å²) in [6.45, 7) is 0. The number of amides is 1. The van der Waals surface area contributed by atoms with Crippen LogP contribution in [0.1, 0.15) is 15.9 Å². The van der Waals surface area contributed by atoms with Crippen molar-refractivity contribution < 1.29 is 19.5 Å². The first-order chi connectivity index (χ1) is 14.5. The van der Waals surface area contributed by atoms with Crippen molar-refractivity contribution in [3.8, 4) is 11.1 Å². The van der Waals surface area contributed by atoms with Gasteiger partial charge < -0.3 is 10.4 Å². The lowest BCUT2D eigenvalue weighted by molar-refractivity contribution is -0.139. The number of Topliss-reactive ketones (excluding diaryl/α,β-unsaturated/α-hetero) is 1. The predicted octanol–water partition coefficient (Wildman–Crippen LogP) is 4.68. The predicted molar refractivity (Wildman–Crippen MR) is 119 cm³/mol. The molecule has 1 amide bonds. The monoisotopic (exact) mass is 419 g/mol. The molecular weight excluding hydrogens is 398 g/mol. The van der Waals surface area contributed by atoms with Crippen molar-refractivity contribution in [1.82, 2.24) is 5.32 Å². The highest BCUT2D eigenvalue weighted by atomic mass is 32.2. The molecule has 5 nitrogen and oxygen atoms in total. The van der Waals surface area contributed by atoms with Crippen LogP contribution in [0.2, 0.25) is 0 Å². The number of hydrogen-bond donors (Lipinski definition) is 2. The number of benzene rings is 3. The third kappa shape index (κ3) is 6.06. The maximum Gasteiger partial charge on any atom is 0.326 e. The van der Waals surface area contributed by atoms with Gasteiger partial charge in [0.1, 0.15) is 6.04 Å². The molecule has 0 saturated heterocycles. The molecule has 0 bridgehead atoms. The van der Waals surface area contributed by atoms with Crippen molar-refractivity contribution in [2.75, 3.05) is 5.75 Å². The zero-order valence-electron chi connectivity index (χ0n) is 16.2. The highest BCUT2D eigenvalue weighted by Crippen LogP contribution is 2.20. The fourth-order valence-electron chi connectivity index (χ4n) is 2.93. The minimum atomic E-state index is -1.12. The Bertz CT molecular complexity index is 1000. The quantitative estimate of drug-likeness (QED) is 0.518. The van der Waals surface area contributed by atoms with Crippen LogP contribution < -0.4 is 5.32 Å². The SMILES string of the molecule is O=C(NC(Cc1ccccc1)C(=O)O)SCC(=O)c1ccc(-c2ccccc2)cc1. The maximum absolute atomic E-state index is 12.4. The number of thioether (sulfide) groups is 1. The first-order valence-corrected chi connectivity index (χ1v) is 10.4. The Labute approximate surface area is 179 Å². The van der Waals surface area contributed by atoms with Crippen molar-refractivity contribution >= 4 is 28.8 Å². The van der Waals surface area contributed by atoms with Crippen LogP contribution in [0, 0.1) is 0 Å². The van der Waals surface area contributed by atoms with Crippen LogP contribution in [0.5, 0.6) is 0 Å². The number of ketones is 1. The van der Waals surface area contributed by atoms with E-state index < -0.39 is 17.3 Å². The van der Waals surface area contributed by atoms with Gasteiger partial charge in [0.2, 0.25) is 0 Å². The van der Waals surface area contributed by atoms with Crippen LogP contribution in [0.15, 0.2) is 84.9 Å². The number of nitrogens with one attached hydrogen (secondary N) is 1. The summed E-state index contributed by atoms with van der Waals surface area (Å²) >= 11 is 0.773. The second-order valence-electron chi connectivity index (χ2n) is 6.67. The average Bonchev–Trinajstić information content (AvgIpc) is 2.78. The van der Waals surface area contributed by atoms with Gasteiger partial charge in [-0.3, -0.25) is 9.59 Å². The van der Waals surface area contributed by atoms with E-state index in [0.29, 0.717) is 5.56 Å². The number of carboxylic acids is 1. The summed E-state index contributed by atoms with van der Waals surface area (Å²) in [5.41, 5.74) is 3.38. The highest BCUT2D eigenvalue weighted by Gasteiger charge is 2.21. The van der Waals surface area contributed by atoms with Gasteiger partial charge in [0.05, 0.1) is 5.75 Å². The standard InChI is InChI=1S/C24H21NO4S/c26-22(20-13-11-19(12-14-20)18-9-5-2-6-10-18)16-30-24(29)25-21(23(27)28)15-17-7-3-1-4-8-17/h1-14,21H,15-16H2,(H,25,29)(H,27,28). The fraction of sp³-hybridized carbons (Fsp3) is 0.125. The van der Waals surface area contributed by atoms with Gasteiger partial charge in [-0.05, 0) is 16.7 Å². The molecule has 0 aliphatic heterocycles. The van der Waals surface area contributed by atoms with Crippen LogP contribution >= 0.6 is 11.8 Å². The van der Waals surface area contributed by atoms with Gasteiger partial charge in [0.25, 0.3) is 5.24 Å². The number of carbonyl (C=O) groups is 3. The van der Waals surface area contributed by atoms with Crippen molar-refractivity contribution in [3.63, 3.8) is 0 Å². The maximum atomic E-state index is 12.4. The lowest BCUT2D eigenvalue weighted by Gasteiger charge is -2.14. The Kier molecular flexibility index (Phi) is 7.40. The van der Waals surface area contributed by atoms with Gasteiger partial charge in [0.15, 0.2) is 5.78 Å². The van der Waals surface area contributed by atoms with E-state index in [9.17, 15) is 19.5 Å². The fourth-order valence-corrected chi connectivity index (χ4v) is 3.58. The molecular formula is C24H21NO4S.